The maximum atomic E-state index is 2.39. The highest BCUT2D eigenvalue weighted by atomic mass is 32.2. The van der Waals surface area contributed by atoms with E-state index in [0.29, 0.717) is 0 Å². The van der Waals surface area contributed by atoms with E-state index >= 15 is 0 Å². The van der Waals surface area contributed by atoms with Gasteiger partial charge < -0.3 is 0 Å². The predicted molar refractivity (Wildman–Crippen MR) is 63.3 cm³/mol. The van der Waals surface area contributed by atoms with Crippen LogP contribution in [0.2, 0.25) is 0 Å². The summed E-state index contributed by atoms with van der Waals surface area (Å²) >= 11 is 2.13. The number of thioether (sulfide) groups is 1. The Morgan fingerprint density at radius 3 is 2.69 bits per heavy atom. The number of hydrogen-bond acceptors (Lipinski definition) is 1. The average molecular weight is 200 g/mol. The van der Waals surface area contributed by atoms with Crippen LogP contribution in [0.25, 0.3) is 0 Å². The smallest absolute Gasteiger partial charge is 0.00391 e. The van der Waals surface area contributed by atoms with Gasteiger partial charge in [-0.2, -0.15) is 11.8 Å². The van der Waals surface area contributed by atoms with Crippen molar-refractivity contribution in [3.63, 3.8) is 0 Å². The van der Waals surface area contributed by atoms with Crippen LogP contribution in [-0.4, -0.2) is 11.5 Å². The van der Waals surface area contributed by atoms with Crippen molar-refractivity contribution in [2.24, 2.45) is 17.8 Å². The van der Waals surface area contributed by atoms with Gasteiger partial charge in [0.2, 0.25) is 0 Å². The summed E-state index contributed by atoms with van der Waals surface area (Å²) in [6.45, 7) is 7.05. The van der Waals surface area contributed by atoms with E-state index in [4.69, 9.17) is 0 Å². The van der Waals surface area contributed by atoms with Crippen LogP contribution in [0, 0.1) is 17.8 Å². The van der Waals surface area contributed by atoms with Gasteiger partial charge in [-0.3, -0.25) is 0 Å². The Morgan fingerprint density at radius 1 is 1.31 bits per heavy atom. The molecule has 2 atom stereocenters. The van der Waals surface area contributed by atoms with Crippen molar-refractivity contribution in [3.05, 3.63) is 0 Å². The SMILES string of the molecule is CCSCC1CCCC(C(C)C)C1. The monoisotopic (exact) mass is 200 g/mol. The molecule has 0 aromatic carbocycles. The van der Waals surface area contributed by atoms with Gasteiger partial charge in [0.15, 0.2) is 0 Å². The second kappa shape index (κ2) is 5.95. The minimum atomic E-state index is 0.912. The van der Waals surface area contributed by atoms with Crippen molar-refractivity contribution in [2.75, 3.05) is 11.5 Å². The van der Waals surface area contributed by atoms with Crippen LogP contribution in [0.4, 0.5) is 0 Å². The quantitative estimate of drug-likeness (QED) is 0.655. The van der Waals surface area contributed by atoms with Crippen LogP contribution >= 0.6 is 11.8 Å². The summed E-state index contributed by atoms with van der Waals surface area (Å²) < 4.78 is 0. The first-order chi connectivity index (χ1) is 6.24. The molecule has 0 aliphatic heterocycles. The van der Waals surface area contributed by atoms with Gasteiger partial charge in [0.1, 0.15) is 0 Å². The van der Waals surface area contributed by atoms with E-state index in [1.54, 1.807) is 0 Å². The van der Waals surface area contributed by atoms with Gasteiger partial charge in [0, 0.05) is 0 Å². The number of rotatable bonds is 4. The third kappa shape index (κ3) is 3.93. The third-order valence-electron chi connectivity index (χ3n) is 3.32. The second-order valence-electron chi connectivity index (χ2n) is 4.70. The molecule has 0 aromatic rings. The Hall–Kier alpha value is 0.350. The van der Waals surface area contributed by atoms with Crippen molar-refractivity contribution in [2.45, 2.75) is 46.5 Å². The summed E-state index contributed by atoms with van der Waals surface area (Å²) in [7, 11) is 0. The fourth-order valence-corrected chi connectivity index (χ4v) is 3.25. The van der Waals surface area contributed by atoms with Crippen molar-refractivity contribution in [1.29, 1.82) is 0 Å². The first kappa shape index (κ1) is 11.4. The van der Waals surface area contributed by atoms with E-state index in [1.165, 1.54) is 37.2 Å². The zero-order valence-electron chi connectivity index (χ0n) is 9.38. The van der Waals surface area contributed by atoms with E-state index in [2.05, 4.69) is 32.5 Å². The molecular formula is C12H24S. The highest BCUT2D eigenvalue weighted by molar-refractivity contribution is 7.99. The van der Waals surface area contributed by atoms with Crippen molar-refractivity contribution in [1.82, 2.24) is 0 Å². The Morgan fingerprint density at radius 2 is 2.08 bits per heavy atom. The van der Waals surface area contributed by atoms with E-state index in [0.717, 1.165) is 17.8 Å². The molecule has 0 bridgehead atoms. The Bertz CT molecular complexity index is 131. The van der Waals surface area contributed by atoms with Crippen molar-refractivity contribution >= 4 is 11.8 Å². The van der Waals surface area contributed by atoms with Gasteiger partial charge in [-0.1, -0.05) is 33.6 Å². The molecule has 1 heteroatoms. The summed E-state index contributed by atoms with van der Waals surface area (Å²) in [6.07, 6.45) is 5.98. The Labute approximate surface area is 87.9 Å². The van der Waals surface area contributed by atoms with Crippen LogP contribution in [0.3, 0.4) is 0 Å². The van der Waals surface area contributed by atoms with Gasteiger partial charge >= 0.3 is 0 Å². The van der Waals surface area contributed by atoms with Crippen LogP contribution in [0.15, 0.2) is 0 Å². The average Bonchev–Trinajstić information content (AvgIpc) is 2.15. The molecule has 0 radical (unpaired) electrons. The minimum Gasteiger partial charge on any atom is -0.162 e. The zero-order valence-corrected chi connectivity index (χ0v) is 10.2. The lowest BCUT2D eigenvalue weighted by Gasteiger charge is -2.31. The lowest BCUT2D eigenvalue weighted by molar-refractivity contribution is 0.229. The first-order valence-electron chi connectivity index (χ1n) is 5.81. The number of hydrogen-bond donors (Lipinski definition) is 0. The fraction of sp³-hybridized carbons (Fsp3) is 1.00. The molecule has 0 N–H and O–H groups in total. The molecule has 2 unspecified atom stereocenters. The maximum Gasteiger partial charge on any atom is -0.00391 e. The molecule has 78 valence electrons. The first-order valence-corrected chi connectivity index (χ1v) is 6.97. The third-order valence-corrected chi connectivity index (χ3v) is 4.44. The Balaban J connectivity index is 2.25. The van der Waals surface area contributed by atoms with Gasteiger partial charge in [0.25, 0.3) is 0 Å². The lowest BCUT2D eigenvalue weighted by atomic mass is 9.77. The topological polar surface area (TPSA) is 0 Å². The molecule has 1 saturated carbocycles. The highest BCUT2D eigenvalue weighted by Crippen LogP contribution is 2.34. The normalized spacial score (nSPS) is 29.5. The second-order valence-corrected chi connectivity index (χ2v) is 6.02. The van der Waals surface area contributed by atoms with E-state index in [9.17, 15) is 0 Å². The summed E-state index contributed by atoms with van der Waals surface area (Å²) in [6, 6.07) is 0. The molecule has 0 amide bonds. The minimum absolute atomic E-state index is 0.912. The molecule has 0 spiro atoms. The predicted octanol–water partition coefficient (Wildman–Crippen LogP) is 4.20. The molecule has 0 aromatic heterocycles. The summed E-state index contributed by atoms with van der Waals surface area (Å²) in [5.41, 5.74) is 0. The molecule has 1 aliphatic carbocycles. The van der Waals surface area contributed by atoms with E-state index < -0.39 is 0 Å². The van der Waals surface area contributed by atoms with Gasteiger partial charge in [0.05, 0.1) is 0 Å². The molecule has 13 heavy (non-hydrogen) atoms. The van der Waals surface area contributed by atoms with Crippen molar-refractivity contribution < 1.29 is 0 Å². The van der Waals surface area contributed by atoms with Crippen molar-refractivity contribution in [3.8, 4) is 0 Å². The van der Waals surface area contributed by atoms with Crippen LogP contribution in [0.1, 0.15) is 46.5 Å². The molecule has 0 nitrogen and oxygen atoms in total. The molecule has 1 aliphatic rings. The molecule has 1 fully saturated rings. The summed E-state index contributed by atoms with van der Waals surface area (Å²) in [4.78, 5) is 0. The van der Waals surface area contributed by atoms with Gasteiger partial charge in [-0.15, -0.1) is 0 Å². The van der Waals surface area contributed by atoms with E-state index in [1.807, 2.05) is 0 Å². The van der Waals surface area contributed by atoms with Crippen LogP contribution in [0.5, 0.6) is 0 Å². The van der Waals surface area contributed by atoms with Crippen LogP contribution < -0.4 is 0 Å². The van der Waals surface area contributed by atoms with Crippen LogP contribution in [-0.2, 0) is 0 Å². The fourth-order valence-electron chi connectivity index (χ4n) is 2.37. The molecule has 0 saturated heterocycles. The van der Waals surface area contributed by atoms with Gasteiger partial charge in [-0.05, 0) is 42.1 Å². The highest BCUT2D eigenvalue weighted by Gasteiger charge is 2.23. The largest absolute Gasteiger partial charge is 0.162 e. The summed E-state index contributed by atoms with van der Waals surface area (Å²) in [5.74, 6) is 5.68. The Kier molecular flexibility index (Phi) is 5.23. The van der Waals surface area contributed by atoms with Gasteiger partial charge in [-0.25, -0.2) is 0 Å². The molecule has 0 heterocycles. The molecule has 1 rings (SSSR count). The lowest BCUT2D eigenvalue weighted by Crippen LogP contribution is -2.21. The maximum absolute atomic E-state index is 2.39. The van der Waals surface area contributed by atoms with E-state index in [-0.39, 0.29) is 0 Å². The molecular weight excluding hydrogens is 176 g/mol. The summed E-state index contributed by atoms with van der Waals surface area (Å²) in [5, 5.41) is 0. The zero-order chi connectivity index (χ0) is 9.68. The standard InChI is InChI=1S/C12H24S/c1-4-13-9-11-6-5-7-12(8-11)10(2)3/h10-12H,4-9H2,1-3H3.